The number of hydrogen-bond donors (Lipinski definition) is 0. The zero-order chi connectivity index (χ0) is 24.4. The maximum Gasteiger partial charge on any atom is 0.329 e. The van der Waals surface area contributed by atoms with E-state index in [-0.39, 0.29) is 37.0 Å². The highest BCUT2D eigenvalue weighted by molar-refractivity contribution is 5.97. The lowest BCUT2D eigenvalue weighted by Gasteiger charge is -2.37. The van der Waals surface area contributed by atoms with E-state index in [1.807, 2.05) is 49.4 Å². The van der Waals surface area contributed by atoms with Gasteiger partial charge in [-0.1, -0.05) is 31.2 Å². The van der Waals surface area contributed by atoms with Crippen molar-refractivity contribution >= 4 is 28.5 Å². The van der Waals surface area contributed by atoms with Crippen molar-refractivity contribution in [2.24, 2.45) is 0 Å². The minimum atomic E-state index is -0.777. The number of para-hydroxylation sites is 4. The Kier molecular flexibility index (Phi) is 6.59. The van der Waals surface area contributed by atoms with Crippen molar-refractivity contribution < 1.29 is 19.1 Å². The number of amides is 2. The van der Waals surface area contributed by atoms with E-state index < -0.39 is 6.10 Å². The van der Waals surface area contributed by atoms with E-state index in [0.717, 1.165) is 17.5 Å². The summed E-state index contributed by atoms with van der Waals surface area (Å²) in [6, 6.07) is 14.9. The molecule has 1 saturated heterocycles. The van der Waals surface area contributed by atoms with Crippen molar-refractivity contribution in [3.8, 4) is 5.75 Å². The lowest BCUT2D eigenvalue weighted by atomic mass is 10.1. The van der Waals surface area contributed by atoms with E-state index in [1.54, 1.807) is 25.0 Å². The molecule has 3 heterocycles. The highest BCUT2D eigenvalue weighted by Crippen LogP contribution is 2.34. The van der Waals surface area contributed by atoms with Crippen LogP contribution in [-0.4, -0.2) is 64.8 Å². The average molecular weight is 479 g/mol. The zero-order valence-corrected chi connectivity index (χ0v) is 19.9. The van der Waals surface area contributed by atoms with Gasteiger partial charge in [-0.25, -0.2) is 4.79 Å². The molecule has 0 bridgehead atoms. The third-order valence-electron chi connectivity index (χ3n) is 6.59. The maximum atomic E-state index is 13.5. The third kappa shape index (κ3) is 4.43. The average Bonchev–Trinajstić information content (AvgIpc) is 3.17. The third-order valence-corrected chi connectivity index (χ3v) is 6.59. The van der Waals surface area contributed by atoms with E-state index in [4.69, 9.17) is 9.47 Å². The predicted molar refractivity (Wildman–Crippen MR) is 132 cm³/mol. The molecule has 1 atom stereocenters. The molecule has 3 aromatic rings. The summed E-state index contributed by atoms with van der Waals surface area (Å²) in [5.41, 5.74) is 2.23. The normalized spacial score (nSPS) is 17.8. The first-order valence-electron chi connectivity index (χ1n) is 12.2. The van der Waals surface area contributed by atoms with Crippen LogP contribution < -0.4 is 15.3 Å². The zero-order valence-electron chi connectivity index (χ0n) is 19.9. The molecule has 0 radical (unpaired) electrons. The topological polar surface area (TPSA) is 86.0 Å². The Hall–Kier alpha value is -3.59. The number of ether oxygens (including phenoxy) is 2. The number of carbonyl (C=O) groups excluding carboxylic acids is 2. The first-order valence-corrected chi connectivity index (χ1v) is 12.2. The molecule has 0 saturated carbocycles. The summed E-state index contributed by atoms with van der Waals surface area (Å²) >= 11 is 0. The largest absolute Gasteiger partial charge is 0.476 e. The van der Waals surface area contributed by atoms with Gasteiger partial charge in [0, 0.05) is 32.6 Å². The van der Waals surface area contributed by atoms with Gasteiger partial charge in [0.2, 0.25) is 5.91 Å². The van der Waals surface area contributed by atoms with Crippen molar-refractivity contribution in [1.29, 1.82) is 0 Å². The van der Waals surface area contributed by atoms with Gasteiger partial charge in [0.25, 0.3) is 5.91 Å². The molecule has 0 spiro atoms. The molecule has 1 fully saturated rings. The molecule has 2 aromatic carbocycles. The maximum absolute atomic E-state index is 13.5. The molecular weight excluding hydrogens is 448 g/mol. The fraction of sp³-hybridized carbons (Fsp3) is 0.423. The molecule has 9 nitrogen and oxygen atoms in total. The first kappa shape index (κ1) is 23.2. The number of morpholine rings is 1. The van der Waals surface area contributed by atoms with Gasteiger partial charge in [0.1, 0.15) is 5.75 Å². The summed E-state index contributed by atoms with van der Waals surface area (Å²) in [4.78, 5) is 43.0. The Morgan fingerprint density at radius 2 is 1.60 bits per heavy atom. The van der Waals surface area contributed by atoms with Crippen molar-refractivity contribution in [1.82, 2.24) is 14.0 Å². The van der Waals surface area contributed by atoms with E-state index in [2.05, 4.69) is 0 Å². The van der Waals surface area contributed by atoms with Gasteiger partial charge in [-0.05, 0) is 30.7 Å². The number of hydrogen-bond acceptors (Lipinski definition) is 5. The van der Waals surface area contributed by atoms with Crippen LogP contribution in [0.15, 0.2) is 53.3 Å². The van der Waals surface area contributed by atoms with Crippen LogP contribution >= 0.6 is 0 Å². The van der Waals surface area contributed by atoms with E-state index in [9.17, 15) is 14.4 Å². The molecule has 1 aromatic heterocycles. The Bertz CT molecular complexity index is 1290. The Labute approximate surface area is 203 Å². The van der Waals surface area contributed by atoms with Gasteiger partial charge in [-0.2, -0.15) is 0 Å². The fourth-order valence-electron chi connectivity index (χ4n) is 4.86. The molecule has 9 heteroatoms. The smallest absolute Gasteiger partial charge is 0.329 e. The number of nitrogens with zero attached hydrogens (tertiary/aromatic N) is 4. The quantitative estimate of drug-likeness (QED) is 0.543. The highest BCUT2D eigenvalue weighted by atomic mass is 16.5. The lowest BCUT2D eigenvalue weighted by Crippen LogP contribution is -2.54. The molecule has 0 N–H and O–H groups in total. The van der Waals surface area contributed by atoms with Crippen LogP contribution in [0.4, 0.5) is 5.69 Å². The molecule has 2 aliphatic rings. The van der Waals surface area contributed by atoms with Crippen LogP contribution in [-0.2, 0) is 27.4 Å². The summed E-state index contributed by atoms with van der Waals surface area (Å²) in [7, 11) is 0. The monoisotopic (exact) mass is 478 g/mol. The van der Waals surface area contributed by atoms with Gasteiger partial charge in [0.15, 0.2) is 6.10 Å². The number of fused-ring (bicyclic) bond motifs is 2. The number of rotatable bonds is 6. The van der Waals surface area contributed by atoms with E-state index in [1.165, 1.54) is 0 Å². The van der Waals surface area contributed by atoms with Crippen LogP contribution in [0, 0.1) is 0 Å². The van der Waals surface area contributed by atoms with Gasteiger partial charge >= 0.3 is 5.69 Å². The minimum absolute atomic E-state index is 0.108. The molecule has 35 heavy (non-hydrogen) atoms. The van der Waals surface area contributed by atoms with Crippen molar-refractivity contribution in [2.75, 3.05) is 37.7 Å². The number of imidazole rings is 1. The molecule has 184 valence electrons. The predicted octanol–water partition coefficient (Wildman–Crippen LogP) is 2.26. The van der Waals surface area contributed by atoms with Crippen molar-refractivity contribution in [3.63, 3.8) is 0 Å². The second kappa shape index (κ2) is 9.95. The summed E-state index contributed by atoms with van der Waals surface area (Å²) in [6.07, 6.45) is 0.198. The molecule has 2 aliphatic heterocycles. The van der Waals surface area contributed by atoms with Crippen LogP contribution in [0.1, 0.15) is 19.8 Å². The van der Waals surface area contributed by atoms with Gasteiger partial charge < -0.3 is 19.3 Å². The van der Waals surface area contributed by atoms with E-state index >= 15 is 0 Å². The Morgan fingerprint density at radius 3 is 2.31 bits per heavy atom. The van der Waals surface area contributed by atoms with Gasteiger partial charge in [-0.3, -0.25) is 18.7 Å². The minimum Gasteiger partial charge on any atom is -0.476 e. The number of anilines is 1. The first-order chi connectivity index (χ1) is 17.1. The lowest BCUT2D eigenvalue weighted by molar-refractivity contribution is -0.142. The number of aromatic nitrogens is 2. The van der Waals surface area contributed by atoms with Crippen LogP contribution in [0.5, 0.6) is 5.75 Å². The summed E-state index contributed by atoms with van der Waals surface area (Å²) in [6.45, 7) is 5.08. The Morgan fingerprint density at radius 1 is 0.943 bits per heavy atom. The summed E-state index contributed by atoms with van der Waals surface area (Å²) in [5.74, 6) is 0.217. The van der Waals surface area contributed by atoms with Crippen LogP contribution in [0.2, 0.25) is 0 Å². The summed E-state index contributed by atoms with van der Waals surface area (Å²) < 4.78 is 14.8. The standard InChI is InChI=1S/C26H30N4O5/c1-2-12-28-19-7-3-4-8-20(19)29(26(28)33)13-11-24(31)30-18-23(25(32)27-14-16-34-17-15-27)35-22-10-6-5-9-21(22)30/h3-10,23H,2,11-18H2,1H3. The number of benzene rings is 2. The number of carbonyl (C=O) groups is 2. The molecule has 5 rings (SSSR count). The second-order valence-electron chi connectivity index (χ2n) is 8.84. The van der Waals surface area contributed by atoms with E-state index in [0.29, 0.717) is 44.3 Å². The SMILES string of the molecule is CCCn1c(=O)n(CCC(=O)N2CC(C(=O)N3CCOCC3)Oc3ccccc32)c2ccccc21. The molecule has 2 amide bonds. The van der Waals surface area contributed by atoms with Crippen LogP contribution in [0.3, 0.4) is 0 Å². The van der Waals surface area contributed by atoms with Crippen molar-refractivity contribution in [2.45, 2.75) is 39.0 Å². The fourth-order valence-corrected chi connectivity index (χ4v) is 4.86. The number of aryl methyl sites for hydroxylation is 2. The summed E-state index contributed by atoms with van der Waals surface area (Å²) in [5, 5.41) is 0. The molecular formula is C26H30N4O5. The van der Waals surface area contributed by atoms with Crippen molar-refractivity contribution in [3.05, 3.63) is 59.0 Å². The molecule has 0 aliphatic carbocycles. The van der Waals surface area contributed by atoms with Gasteiger partial charge in [0.05, 0.1) is 36.5 Å². The second-order valence-corrected chi connectivity index (χ2v) is 8.84. The Balaban J connectivity index is 1.37. The van der Waals surface area contributed by atoms with Gasteiger partial charge in [-0.15, -0.1) is 0 Å². The van der Waals surface area contributed by atoms with Crippen LogP contribution in [0.25, 0.3) is 11.0 Å². The highest BCUT2D eigenvalue weighted by Gasteiger charge is 2.36. The molecule has 1 unspecified atom stereocenters.